The van der Waals surface area contributed by atoms with Crippen LogP contribution in [0.3, 0.4) is 0 Å². The van der Waals surface area contributed by atoms with Gasteiger partial charge in [-0.25, -0.2) is 4.98 Å². The molecule has 3 rings (SSSR count). The summed E-state index contributed by atoms with van der Waals surface area (Å²) in [7, 11) is 0. The molecule has 3 aromatic rings. The summed E-state index contributed by atoms with van der Waals surface area (Å²) in [4.78, 5) is 4.58. The first-order valence-corrected chi connectivity index (χ1v) is 7.91. The number of nitrogens with zero attached hydrogens (tertiary/aromatic N) is 2. The number of aliphatic hydroxyl groups excluding tert-OH is 1. The Morgan fingerprint density at radius 1 is 1.05 bits per heavy atom. The molecule has 0 fully saturated rings. The Hall–Kier alpha value is -2.35. The molecule has 1 aromatic heterocycles. The highest BCUT2D eigenvalue weighted by atomic mass is 32.2. The van der Waals surface area contributed by atoms with Crippen molar-refractivity contribution in [2.45, 2.75) is 11.1 Å². The van der Waals surface area contributed by atoms with Crippen molar-refractivity contribution in [3.8, 4) is 6.07 Å². The van der Waals surface area contributed by atoms with Gasteiger partial charge in [-0.3, -0.25) is 0 Å². The average molecular weight is 306 g/mol. The largest absolute Gasteiger partial charge is 0.388 e. The Labute approximate surface area is 133 Å². The summed E-state index contributed by atoms with van der Waals surface area (Å²) in [6, 6.07) is 21.1. The normalized spacial score (nSPS) is 12.0. The first-order chi connectivity index (χ1) is 10.8. The quantitative estimate of drug-likeness (QED) is 0.742. The van der Waals surface area contributed by atoms with Crippen molar-refractivity contribution in [2.24, 2.45) is 0 Å². The topological polar surface area (TPSA) is 56.9 Å². The molecule has 0 aliphatic rings. The highest BCUT2D eigenvalue weighted by Crippen LogP contribution is 2.25. The number of hydrogen-bond acceptors (Lipinski definition) is 4. The van der Waals surface area contributed by atoms with Crippen LogP contribution in [0.1, 0.15) is 17.2 Å². The molecule has 2 aromatic carbocycles. The van der Waals surface area contributed by atoms with Gasteiger partial charge in [-0.1, -0.05) is 36.4 Å². The summed E-state index contributed by atoms with van der Waals surface area (Å²) in [5.41, 5.74) is 2.37. The van der Waals surface area contributed by atoms with E-state index in [1.165, 1.54) is 11.8 Å². The second-order valence-electron chi connectivity index (χ2n) is 4.90. The maximum atomic E-state index is 10.2. The summed E-state index contributed by atoms with van der Waals surface area (Å²) in [6.07, 6.45) is -0.578. The fourth-order valence-electron chi connectivity index (χ4n) is 2.17. The van der Waals surface area contributed by atoms with E-state index >= 15 is 0 Å². The van der Waals surface area contributed by atoms with E-state index in [1.807, 2.05) is 36.4 Å². The van der Waals surface area contributed by atoms with Crippen LogP contribution in [0.25, 0.3) is 10.9 Å². The molecule has 0 saturated heterocycles. The van der Waals surface area contributed by atoms with Gasteiger partial charge >= 0.3 is 0 Å². The van der Waals surface area contributed by atoms with E-state index in [-0.39, 0.29) is 0 Å². The number of rotatable bonds is 4. The van der Waals surface area contributed by atoms with Crippen LogP contribution in [0.2, 0.25) is 0 Å². The van der Waals surface area contributed by atoms with Crippen LogP contribution >= 0.6 is 11.8 Å². The van der Waals surface area contributed by atoms with E-state index in [9.17, 15) is 5.11 Å². The predicted octanol–water partition coefficient (Wildman–Crippen LogP) is 3.93. The Morgan fingerprint density at radius 2 is 1.82 bits per heavy atom. The molecule has 0 saturated carbocycles. The summed E-state index contributed by atoms with van der Waals surface area (Å²) < 4.78 is 0. The number of benzene rings is 2. The van der Waals surface area contributed by atoms with Crippen molar-refractivity contribution in [3.05, 3.63) is 71.8 Å². The molecule has 0 radical (unpaired) electrons. The summed E-state index contributed by atoms with van der Waals surface area (Å²) in [5.74, 6) is 0.525. The van der Waals surface area contributed by atoms with Gasteiger partial charge in [0.1, 0.15) is 0 Å². The summed E-state index contributed by atoms with van der Waals surface area (Å²) in [5, 5.41) is 21.0. The molecule has 1 unspecified atom stereocenters. The van der Waals surface area contributed by atoms with Crippen LogP contribution in [-0.2, 0) is 0 Å². The molecule has 1 atom stereocenters. The monoisotopic (exact) mass is 306 g/mol. The zero-order chi connectivity index (χ0) is 15.4. The van der Waals surface area contributed by atoms with Crippen molar-refractivity contribution in [3.63, 3.8) is 0 Å². The molecule has 0 aliphatic carbocycles. The van der Waals surface area contributed by atoms with Crippen LogP contribution in [0.4, 0.5) is 0 Å². The third kappa shape index (κ3) is 3.28. The molecule has 0 amide bonds. The highest BCUT2D eigenvalue weighted by molar-refractivity contribution is 7.99. The maximum Gasteiger partial charge on any atom is 0.0991 e. The minimum absolute atomic E-state index is 0.525. The SMILES string of the molecule is N#Cc1ccc(C(O)CSc2ccc3ccccc3n2)cc1. The summed E-state index contributed by atoms with van der Waals surface area (Å²) in [6.45, 7) is 0. The van der Waals surface area contributed by atoms with Gasteiger partial charge in [0, 0.05) is 11.1 Å². The van der Waals surface area contributed by atoms with E-state index in [0.717, 1.165) is 21.5 Å². The van der Waals surface area contributed by atoms with Gasteiger partial charge in [-0.15, -0.1) is 11.8 Å². The average Bonchev–Trinajstić information content (AvgIpc) is 2.59. The smallest absolute Gasteiger partial charge is 0.0991 e. The van der Waals surface area contributed by atoms with E-state index < -0.39 is 6.10 Å². The van der Waals surface area contributed by atoms with Gasteiger partial charge in [0.25, 0.3) is 0 Å². The maximum absolute atomic E-state index is 10.2. The molecule has 0 aliphatic heterocycles. The van der Waals surface area contributed by atoms with Crippen molar-refractivity contribution < 1.29 is 5.11 Å². The zero-order valence-electron chi connectivity index (χ0n) is 11.8. The number of thioether (sulfide) groups is 1. The molecule has 22 heavy (non-hydrogen) atoms. The van der Waals surface area contributed by atoms with E-state index in [2.05, 4.69) is 11.1 Å². The zero-order valence-corrected chi connectivity index (χ0v) is 12.6. The lowest BCUT2D eigenvalue weighted by molar-refractivity contribution is 0.204. The molecule has 108 valence electrons. The van der Waals surface area contributed by atoms with Crippen LogP contribution in [0.5, 0.6) is 0 Å². The standard InChI is InChI=1S/C18H14N2OS/c19-11-13-5-7-15(8-6-13)17(21)12-22-18-10-9-14-3-1-2-4-16(14)20-18/h1-10,17,21H,12H2. The van der Waals surface area contributed by atoms with Crippen molar-refractivity contribution >= 4 is 22.7 Å². The van der Waals surface area contributed by atoms with Crippen molar-refractivity contribution in [1.82, 2.24) is 4.98 Å². The number of fused-ring (bicyclic) bond motifs is 1. The number of hydrogen-bond donors (Lipinski definition) is 1. The second kappa shape index (κ2) is 6.61. The van der Waals surface area contributed by atoms with E-state index in [0.29, 0.717) is 11.3 Å². The van der Waals surface area contributed by atoms with Crippen LogP contribution < -0.4 is 0 Å². The second-order valence-corrected chi connectivity index (χ2v) is 5.94. The molecular formula is C18H14N2OS. The summed E-state index contributed by atoms with van der Waals surface area (Å²) >= 11 is 1.52. The first-order valence-electron chi connectivity index (χ1n) is 6.93. The number of pyridine rings is 1. The van der Waals surface area contributed by atoms with Gasteiger partial charge in [-0.2, -0.15) is 5.26 Å². The molecule has 0 bridgehead atoms. The Kier molecular flexibility index (Phi) is 4.38. The van der Waals surface area contributed by atoms with Gasteiger partial charge < -0.3 is 5.11 Å². The van der Waals surface area contributed by atoms with Crippen LogP contribution in [-0.4, -0.2) is 15.8 Å². The molecular weight excluding hydrogens is 292 g/mol. The van der Waals surface area contributed by atoms with Crippen LogP contribution in [0.15, 0.2) is 65.7 Å². The highest BCUT2D eigenvalue weighted by Gasteiger charge is 2.09. The lowest BCUT2D eigenvalue weighted by Gasteiger charge is -2.10. The molecule has 4 heteroatoms. The Morgan fingerprint density at radius 3 is 2.59 bits per heavy atom. The van der Waals surface area contributed by atoms with Crippen LogP contribution in [0, 0.1) is 11.3 Å². The lowest BCUT2D eigenvalue weighted by Crippen LogP contribution is -2.00. The molecule has 1 N–H and O–H groups in total. The van der Waals surface area contributed by atoms with E-state index in [4.69, 9.17) is 5.26 Å². The number of para-hydroxylation sites is 1. The first kappa shape index (κ1) is 14.6. The van der Waals surface area contributed by atoms with Gasteiger partial charge in [0.2, 0.25) is 0 Å². The van der Waals surface area contributed by atoms with Crippen molar-refractivity contribution in [1.29, 1.82) is 5.26 Å². The van der Waals surface area contributed by atoms with Crippen molar-refractivity contribution in [2.75, 3.05) is 5.75 Å². The van der Waals surface area contributed by atoms with Gasteiger partial charge in [0.15, 0.2) is 0 Å². The third-order valence-corrected chi connectivity index (χ3v) is 4.39. The predicted molar refractivity (Wildman–Crippen MR) is 88.6 cm³/mol. The fourth-order valence-corrected chi connectivity index (χ4v) is 3.02. The van der Waals surface area contributed by atoms with Gasteiger partial charge in [-0.05, 0) is 29.8 Å². The number of aliphatic hydroxyl groups is 1. The minimum Gasteiger partial charge on any atom is -0.388 e. The Balaban J connectivity index is 1.68. The Bertz CT molecular complexity index is 824. The molecule has 3 nitrogen and oxygen atoms in total. The number of aromatic nitrogens is 1. The molecule has 1 heterocycles. The third-order valence-electron chi connectivity index (χ3n) is 3.39. The fraction of sp³-hybridized carbons (Fsp3) is 0.111. The van der Waals surface area contributed by atoms with Gasteiger partial charge in [0.05, 0.1) is 28.3 Å². The number of nitriles is 1. The molecule has 0 spiro atoms. The lowest BCUT2D eigenvalue weighted by atomic mass is 10.1. The van der Waals surface area contributed by atoms with E-state index in [1.54, 1.807) is 24.3 Å². The minimum atomic E-state index is -0.578.